The first-order valence-electron chi connectivity index (χ1n) is 7.82. The molecule has 1 aromatic carbocycles. The van der Waals surface area contributed by atoms with Crippen LogP contribution in [0.15, 0.2) is 24.4 Å². The van der Waals surface area contributed by atoms with Crippen molar-refractivity contribution in [1.82, 2.24) is 10.3 Å². The van der Waals surface area contributed by atoms with E-state index < -0.39 is 0 Å². The molecule has 1 atom stereocenters. The second-order valence-corrected chi connectivity index (χ2v) is 6.17. The number of anilines is 1. The van der Waals surface area contributed by atoms with E-state index in [9.17, 15) is 4.79 Å². The van der Waals surface area contributed by atoms with Gasteiger partial charge in [0.05, 0.1) is 5.56 Å². The molecule has 112 valence electrons. The van der Waals surface area contributed by atoms with E-state index in [-0.39, 0.29) is 11.9 Å². The summed E-state index contributed by atoms with van der Waals surface area (Å²) < 4.78 is 0. The van der Waals surface area contributed by atoms with Crippen LogP contribution in [0.1, 0.15) is 49.4 Å². The lowest BCUT2D eigenvalue weighted by molar-refractivity contribution is 0.0921. The molecule has 1 fully saturated rings. The minimum Gasteiger partial charge on any atom is -0.399 e. The SMILES string of the molecule is CC(NC(=O)c1c[nH]c2cc(N)ccc12)C1CCCCC1. The van der Waals surface area contributed by atoms with E-state index in [2.05, 4.69) is 17.2 Å². The molecule has 0 bridgehead atoms. The van der Waals surface area contributed by atoms with Crippen molar-refractivity contribution in [2.75, 3.05) is 5.73 Å². The third-order valence-electron chi connectivity index (χ3n) is 4.67. The molecule has 1 unspecified atom stereocenters. The zero-order valence-corrected chi connectivity index (χ0v) is 12.5. The largest absolute Gasteiger partial charge is 0.399 e. The van der Waals surface area contributed by atoms with E-state index in [4.69, 9.17) is 5.73 Å². The highest BCUT2D eigenvalue weighted by atomic mass is 16.1. The van der Waals surface area contributed by atoms with Crippen LogP contribution in [0.4, 0.5) is 5.69 Å². The Hall–Kier alpha value is -1.97. The number of rotatable bonds is 3. The first kappa shape index (κ1) is 14.0. The lowest BCUT2D eigenvalue weighted by Crippen LogP contribution is -2.38. The molecule has 1 aliphatic carbocycles. The van der Waals surface area contributed by atoms with Gasteiger partial charge >= 0.3 is 0 Å². The minimum atomic E-state index is 0.00379. The topological polar surface area (TPSA) is 70.9 Å². The van der Waals surface area contributed by atoms with Crippen LogP contribution in [-0.4, -0.2) is 16.9 Å². The van der Waals surface area contributed by atoms with E-state index in [0.29, 0.717) is 17.2 Å². The van der Waals surface area contributed by atoms with Gasteiger partial charge in [0, 0.05) is 28.8 Å². The molecular weight excluding hydrogens is 262 g/mol. The number of aromatic amines is 1. The highest BCUT2D eigenvalue weighted by Gasteiger charge is 2.22. The van der Waals surface area contributed by atoms with Crippen LogP contribution in [0.5, 0.6) is 0 Å². The van der Waals surface area contributed by atoms with Gasteiger partial charge in [-0.2, -0.15) is 0 Å². The zero-order valence-electron chi connectivity index (χ0n) is 12.5. The molecule has 1 aliphatic rings. The molecular formula is C17H23N3O. The normalized spacial score (nSPS) is 17.8. The van der Waals surface area contributed by atoms with Crippen LogP contribution in [0, 0.1) is 5.92 Å². The van der Waals surface area contributed by atoms with Crippen molar-refractivity contribution < 1.29 is 4.79 Å². The Morgan fingerprint density at radius 2 is 2.10 bits per heavy atom. The molecule has 2 aromatic rings. The lowest BCUT2D eigenvalue weighted by Gasteiger charge is -2.28. The maximum absolute atomic E-state index is 12.5. The Morgan fingerprint density at radius 3 is 2.86 bits per heavy atom. The maximum atomic E-state index is 12.5. The smallest absolute Gasteiger partial charge is 0.253 e. The van der Waals surface area contributed by atoms with E-state index in [1.165, 1.54) is 32.1 Å². The highest BCUT2D eigenvalue weighted by Crippen LogP contribution is 2.27. The monoisotopic (exact) mass is 285 g/mol. The van der Waals surface area contributed by atoms with Crippen LogP contribution in [0.2, 0.25) is 0 Å². The molecule has 1 saturated carbocycles. The molecule has 4 N–H and O–H groups in total. The Morgan fingerprint density at radius 1 is 1.33 bits per heavy atom. The van der Waals surface area contributed by atoms with Crippen molar-refractivity contribution in [3.05, 3.63) is 30.0 Å². The number of amides is 1. The summed E-state index contributed by atoms with van der Waals surface area (Å²) in [7, 11) is 0. The van der Waals surface area contributed by atoms with Crippen molar-refractivity contribution >= 4 is 22.5 Å². The predicted octanol–water partition coefficient (Wildman–Crippen LogP) is 3.45. The summed E-state index contributed by atoms with van der Waals surface area (Å²) in [6, 6.07) is 5.83. The molecule has 0 spiro atoms. The van der Waals surface area contributed by atoms with Crippen LogP contribution < -0.4 is 11.1 Å². The molecule has 3 rings (SSSR count). The number of hydrogen-bond donors (Lipinski definition) is 3. The van der Waals surface area contributed by atoms with E-state index in [0.717, 1.165) is 10.9 Å². The Kier molecular flexibility index (Phi) is 3.86. The van der Waals surface area contributed by atoms with Gasteiger partial charge in [0.2, 0.25) is 0 Å². The summed E-state index contributed by atoms with van der Waals surface area (Å²) in [5.74, 6) is 0.618. The Balaban J connectivity index is 1.74. The molecule has 4 nitrogen and oxygen atoms in total. The summed E-state index contributed by atoms with van der Waals surface area (Å²) >= 11 is 0. The second-order valence-electron chi connectivity index (χ2n) is 6.17. The van der Waals surface area contributed by atoms with Gasteiger partial charge < -0.3 is 16.0 Å². The lowest BCUT2D eigenvalue weighted by atomic mass is 9.84. The van der Waals surface area contributed by atoms with Crippen molar-refractivity contribution in [1.29, 1.82) is 0 Å². The molecule has 1 amide bonds. The van der Waals surface area contributed by atoms with Crippen molar-refractivity contribution in [2.24, 2.45) is 5.92 Å². The number of fused-ring (bicyclic) bond motifs is 1. The van der Waals surface area contributed by atoms with E-state index >= 15 is 0 Å². The number of H-pyrrole nitrogens is 1. The number of carbonyl (C=O) groups excluding carboxylic acids is 1. The average molecular weight is 285 g/mol. The summed E-state index contributed by atoms with van der Waals surface area (Å²) in [5.41, 5.74) is 8.08. The van der Waals surface area contributed by atoms with Gasteiger partial charge in [-0.25, -0.2) is 0 Å². The quantitative estimate of drug-likeness (QED) is 0.756. The van der Waals surface area contributed by atoms with Crippen molar-refractivity contribution in [3.8, 4) is 0 Å². The molecule has 0 saturated heterocycles. The molecule has 1 aromatic heterocycles. The number of hydrogen-bond acceptors (Lipinski definition) is 2. The van der Waals surface area contributed by atoms with Gasteiger partial charge in [-0.1, -0.05) is 19.3 Å². The average Bonchev–Trinajstić information content (AvgIpc) is 2.91. The third-order valence-corrected chi connectivity index (χ3v) is 4.67. The fraction of sp³-hybridized carbons (Fsp3) is 0.471. The fourth-order valence-electron chi connectivity index (χ4n) is 3.37. The first-order chi connectivity index (χ1) is 10.1. The van der Waals surface area contributed by atoms with Gasteiger partial charge in [0.25, 0.3) is 5.91 Å². The maximum Gasteiger partial charge on any atom is 0.253 e. The van der Waals surface area contributed by atoms with Gasteiger partial charge in [-0.05, 0) is 43.9 Å². The summed E-state index contributed by atoms with van der Waals surface area (Å²) in [6.45, 7) is 2.13. The molecule has 21 heavy (non-hydrogen) atoms. The van der Waals surface area contributed by atoms with Gasteiger partial charge in [0.1, 0.15) is 0 Å². The number of nitrogen functional groups attached to an aromatic ring is 1. The first-order valence-corrected chi connectivity index (χ1v) is 7.82. The molecule has 0 aliphatic heterocycles. The Labute approximate surface area is 125 Å². The fourth-order valence-corrected chi connectivity index (χ4v) is 3.37. The number of nitrogens with one attached hydrogen (secondary N) is 2. The van der Waals surface area contributed by atoms with E-state index in [1.807, 2.05) is 18.2 Å². The Bertz CT molecular complexity index is 641. The van der Waals surface area contributed by atoms with Crippen LogP contribution in [0.25, 0.3) is 10.9 Å². The number of carbonyl (C=O) groups is 1. The minimum absolute atomic E-state index is 0.00379. The second kappa shape index (κ2) is 5.80. The van der Waals surface area contributed by atoms with Crippen molar-refractivity contribution in [2.45, 2.75) is 45.1 Å². The summed E-state index contributed by atoms with van der Waals surface area (Å²) in [6.07, 6.45) is 8.14. The third kappa shape index (κ3) is 2.89. The van der Waals surface area contributed by atoms with Gasteiger partial charge in [-0.15, -0.1) is 0 Å². The van der Waals surface area contributed by atoms with Crippen molar-refractivity contribution in [3.63, 3.8) is 0 Å². The number of benzene rings is 1. The standard InChI is InChI=1S/C17H23N3O/c1-11(12-5-3-2-4-6-12)20-17(21)15-10-19-16-9-13(18)7-8-14(15)16/h7-12,19H,2-6,18H2,1H3,(H,20,21). The summed E-state index contributed by atoms with van der Waals surface area (Å²) in [5, 5.41) is 4.10. The molecule has 0 radical (unpaired) electrons. The van der Waals surface area contributed by atoms with Gasteiger partial charge in [0.15, 0.2) is 0 Å². The van der Waals surface area contributed by atoms with Crippen LogP contribution in [0.3, 0.4) is 0 Å². The molecule has 4 heteroatoms. The van der Waals surface area contributed by atoms with Gasteiger partial charge in [-0.3, -0.25) is 4.79 Å². The predicted molar refractivity (Wildman–Crippen MR) is 86.2 cm³/mol. The van der Waals surface area contributed by atoms with Crippen LogP contribution >= 0.6 is 0 Å². The number of nitrogens with two attached hydrogens (primary N) is 1. The van der Waals surface area contributed by atoms with E-state index in [1.54, 1.807) is 6.20 Å². The highest BCUT2D eigenvalue weighted by molar-refractivity contribution is 6.07. The number of aromatic nitrogens is 1. The van der Waals surface area contributed by atoms with Crippen LogP contribution in [-0.2, 0) is 0 Å². The molecule has 1 heterocycles. The summed E-state index contributed by atoms with van der Waals surface area (Å²) in [4.78, 5) is 15.6. The zero-order chi connectivity index (χ0) is 14.8.